The van der Waals surface area contributed by atoms with E-state index in [2.05, 4.69) is 4.98 Å². The van der Waals surface area contributed by atoms with Crippen molar-refractivity contribution in [2.75, 3.05) is 26.2 Å². The number of nitrogens with zero attached hydrogens (tertiary/aromatic N) is 2. The first kappa shape index (κ1) is 21.6. The Labute approximate surface area is 202 Å². The summed E-state index contributed by atoms with van der Waals surface area (Å²) >= 11 is 12.4. The number of likely N-dealkylation sites (tertiary alicyclic amines) is 1. The molecule has 3 aliphatic rings. The van der Waals surface area contributed by atoms with Crippen LogP contribution in [0.2, 0.25) is 10.0 Å². The van der Waals surface area contributed by atoms with E-state index in [9.17, 15) is 19.5 Å². The van der Waals surface area contributed by atoms with Crippen LogP contribution >= 0.6 is 23.2 Å². The monoisotopic (exact) mass is 501 g/mol. The van der Waals surface area contributed by atoms with Crippen molar-refractivity contribution in [3.63, 3.8) is 0 Å². The van der Waals surface area contributed by atoms with Gasteiger partial charge in [-0.05, 0) is 30.3 Å². The van der Waals surface area contributed by atoms with Gasteiger partial charge in [-0.2, -0.15) is 0 Å². The van der Waals surface area contributed by atoms with Gasteiger partial charge in [0.15, 0.2) is 0 Å². The third-order valence-corrected chi connectivity index (χ3v) is 7.61. The minimum atomic E-state index is -2.44. The number of fused-ring (bicyclic) bond motifs is 10. The number of ketones is 1. The van der Waals surface area contributed by atoms with Gasteiger partial charge in [0.25, 0.3) is 17.5 Å². The molecule has 0 aliphatic carbocycles. The lowest BCUT2D eigenvalue weighted by atomic mass is 9.74. The number of H-pyrrole nitrogens is 1. The van der Waals surface area contributed by atoms with Crippen LogP contribution in [-0.2, 0) is 30.4 Å². The standard InChI is InChI=1S/C23H17Cl2N3O6/c1-27-19(30)21(33-2)16-12-6-4-10(24)8-14(12)26-17(16)22(32)18(29)13-7-5-11(25)9-15(13)28(22)23(21,34-3)20(27)31/h4-9,26,32H,1-3H3. The van der Waals surface area contributed by atoms with E-state index < -0.39 is 34.6 Å². The van der Waals surface area contributed by atoms with E-state index in [1.165, 1.54) is 39.5 Å². The molecule has 174 valence electrons. The summed E-state index contributed by atoms with van der Waals surface area (Å²) in [6.45, 7) is 0. The second kappa shape index (κ2) is 6.38. The molecule has 9 nitrogen and oxygen atoms in total. The maximum absolute atomic E-state index is 13.8. The summed E-state index contributed by atoms with van der Waals surface area (Å²) in [5, 5.41) is 13.3. The zero-order valence-corrected chi connectivity index (χ0v) is 19.6. The minimum absolute atomic E-state index is 0.0203. The van der Waals surface area contributed by atoms with E-state index in [0.717, 1.165) is 9.80 Å². The Hall–Kier alpha value is -2.95. The Kier molecular flexibility index (Phi) is 4.05. The van der Waals surface area contributed by atoms with Gasteiger partial charge in [-0.15, -0.1) is 0 Å². The molecule has 6 rings (SSSR count). The fourth-order valence-electron chi connectivity index (χ4n) is 5.80. The molecule has 34 heavy (non-hydrogen) atoms. The zero-order chi connectivity index (χ0) is 24.4. The smallest absolute Gasteiger partial charge is 0.286 e. The third-order valence-electron chi connectivity index (χ3n) is 7.14. The van der Waals surface area contributed by atoms with Gasteiger partial charge in [0.1, 0.15) is 0 Å². The van der Waals surface area contributed by atoms with Crippen LogP contribution in [0, 0.1) is 0 Å². The maximum Gasteiger partial charge on any atom is 0.286 e. The van der Waals surface area contributed by atoms with Crippen LogP contribution in [0.25, 0.3) is 10.9 Å². The Balaban J connectivity index is 1.88. The van der Waals surface area contributed by atoms with E-state index >= 15 is 0 Å². The molecule has 0 bridgehead atoms. The molecule has 0 spiro atoms. The number of ether oxygens (including phenoxy) is 2. The minimum Gasteiger partial charge on any atom is -0.359 e. The van der Waals surface area contributed by atoms with Crippen molar-refractivity contribution in [1.29, 1.82) is 0 Å². The second-order valence-electron chi connectivity index (χ2n) is 8.47. The first-order chi connectivity index (χ1) is 16.1. The van der Waals surface area contributed by atoms with E-state index in [1.807, 2.05) is 0 Å². The molecule has 11 heteroatoms. The number of carbonyl (C=O) groups is 3. The second-order valence-corrected chi connectivity index (χ2v) is 9.34. The quantitative estimate of drug-likeness (QED) is 0.518. The number of aliphatic hydroxyl groups is 1. The van der Waals surface area contributed by atoms with Crippen molar-refractivity contribution >= 4 is 57.4 Å². The molecule has 0 saturated carbocycles. The molecule has 3 aliphatic heterocycles. The number of hydrogen-bond donors (Lipinski definition) is 2. The van der Waals surface area contributed by atoms with E-state index in [0.29, 0.717) is 15.9 Å². The highest BCUT2D eigenvalue weighted by molar-refractivity contribution is 6.32. The van der Waals surface area contributed by atoms with Crippen LogP contribution in [-0.4, -0.2) is 59.6 Å². The number of likely N-dealkylation sites (N-methyl/N-ethyl adjacent to an activating group) is 1. The molecular weight excluding hydrogens is 485 g/mol. The summed E-state index contributed by atoms with van der Waals surface area (Å²) in [5.74, 6) is -2.24. The van der Waals surface area contributed by atoms with Crippen LogP contribution in [0.1, 0.15) is 21.6 Å². The summed E-state index contributed by atoms with van der Waals surface area (Å²) in [6, 6.07) is 9.22. The predicted molar refractivity (Wildman–Crippen MR) is 122 cm³/mol. The lowest BCUT2D eigenvalue weighted by molar-refractivity contribution is -0.201. The van der Waals surface area contributed by atoms with Gasteiger partial charge < -0.3 is 19.6 Å². The average Bonchev–Trinajstić information content (AvgIpc) is 3.36. The number of hydrogen-bond acceptors (Lipinski definition) is 7. The van der Waals surface area contributed by atoms with Gasteiger partial charge >= 0.3 is 0 Å². The first-order valence-electron chi connectivity index (χ1n) is 10.2. The molecule has 3 atom stereocenters. The van der Waals surface area contributed by atoms with Gasteiger partial charge in [-0.3, -0.25) is 24.2 Å². The number of imide groups is 1. The number of amides is 2. The molecule has 0 radical (unpaired) electrons. The Morgan fingerprint density at radius 1 is 0.971 bits per heavy atom. The molecule has 2 aromatic carbocycles. The summed E-state index contributed by atoms with van der Waals surface area (Å²) in [7, 11) is 3.80. The van der Waals surface area contributed by atoms with Crippen LogP contribution in [0.5, 0.6) is 0 Å². The largest absolute Gasteiger partial charge is 0.359 e. The van der Waals surface area contributed by atoms with E-state index in [1.54, 1.807) is 18.2 Å². The average molecular weight is 502 g/mol. The molecule has 4 heterocycles. The summed E-state index contributed by atoms with van der Waals surface area (Å²) in [5.41, 5.74) is -6.01. The fraction of sp³-hybridized carbons (Fsp3) is 0.261. The lowest BCUT2D eigenvalue weighted by Gasteiger charge is -2.54. The van der Waals surface area contributed by atoms with Crippen LogP contribution in [0.3, 0.4) is 0 Å². The Bertz CT molecular complexity index is 1490. The Morgan fingerprint density at radius 2 is 1.65 bits per heavy atom. The molecule has 3 unspecified atom stereocenters. The van der Waals surface area contributed by atoms with Crippen LogP contribution in [0.15, 0.2) is 36.4 Å². The number of anilines is 1. The van der Waals surface area contributed by atoms with Crippen molar-refractivity contribution < 1.29 is 29.0 Å². The van der Waals surface area contributed by atoms with Gasteiger partial charge in [-0.1, -0.05) is 29.3 Å². The number of Topliss-reactive ketones (excluding diaryl/α,β-unsaturated/α-hetero) is 1. The molecule has 1 aromatic heterocycles. The summed E-state index contributed by atoms with van der Waals surface area (Å²) < 4.78 is 11.8. The number of nitrogens with one attached hydrogen (secondary N) is 1. The van der Waals surface area contributed by atoms with E-state index in [4.69, 9.17) is 32.7 Å². The maximum atomic E-state index is 13.8. The van der Waals surface area contributed by atoms with Gasteiger partial charge in [0.05, 0.1) is 11.4 Å². The third kappa shape index (κ3) is 1.96. The number of rotatable bonds is 2. The molecular formula is C23H17Cl2N3O6. The van der Waals surface area contributed by atoms with Gasteiger partial charge in [0, 0.05) is 53.3 Å². The highest BCUT2D eigenvalue weighted by atomic mass is 35.5. The number of benzene rings is 2. The number of carbonyl (C=O) groups excluding carboxylic acids is 3. The van der Waals surface area contributed by atoms with Crippen molar-refractivity contribution in [2.45, 2.75) is 17.1 Å². The van der Waals surface area contributed by atoms with Crippen molar-refractivity contribution in [1.82, 2.24) is 9.88 Å². The van der Waals surface area contributed by atoms with Crippen molar-refractivity contribution in [2.24, 2.45) is 0 Å². The SMILES string of the molecule is COC12C(=O)N(C)C(=O)C1(OC)N1c3cc(Cl)ccc3C(=O)C1(O)c1[nH]c3cc(Cl)ccc3c12. The topological polar surface area (TPSA) is 112 Å². The Morgan fingerprint density at radius 3 is 2.32 bits per heavy atom. The number of aromatic amines is 1. The number of aromatic nitrogens is 1. The summed E-state index contributed by atoms with van der Waals surface area (Å²) in [4.78, 5) is 46.5. The lowest BCUT2D eigenvalue weighted by Crippen LogP contribution is -2.75. The normalized spacial score (nSPS) is 29.5. The molecule has 2 amide bonds. The molecule has 2 N–H and O–H groups in total. The van der Waals surface area contributed by atoms with Crippen molar-refractivity contribution in [3.8, 4) is 0 Å². The van der Waals surface area contributed by atoms with E-state index in [-0.39, 0.29) is 27.5 Å². The van der Waals surface area contributed by atoms with Crippen molar-refractivity contribution in [3.05, 3.63) is 63.3 Å². The van der Waals surface area contributed by atoms with Gasteiger partial charge in [-0.25, -0.2) is 0 Å². The molecule has 1 saturated heterocycles. The van der Waals surface area contributed by atoms with Gasteiger partial charge in [0.2, 0.25) is 17.1 Å². The number of methoxy groups -OCH3 is 2. The summed E-state index contributed by atoms with van der Waals surface area (Å²) in [6.07, 6.45) is 0. The highest BCUT2D eigenvalue weighted by Gasteiger charge is 2.83. The predicted octanol–water partition coefficient (Wildman–Crippen LogP) is 2.52. The molecule has 3 aromatic rings. The number of halogens is 2. The fourth-order valence-corrected chi connectivity index (χ4v) is 6.13. The highest BCUT2D eigenvalue weighted by Crippen LogP contribution is 2.63. The van der Waals surface area contributed by atoms with Crippen LogP contribution in [0.4, 0.5) is 5.69 Å². The first-order valence-corrected chi connectivity index (χ1v) is 11.0. The molecule has 1 fully saturated rings. The van der Waals surface area contributed by atoms with Crippen LogP contribution < -0.4 is 4.90 Å². The zero-order valence-electron chi connectivity index (χ0n) is 18.1.